The van der Waals surface area contributed by atoms with Gasteiger partial charge in [-0.3, -0.25) is 4.79 Å². The van der Waals surface area contributed by atoms with Crippen molar-refractivity contribution in [3.63, 3.8) is 0 Å². The fourth-order valence-corrected chi connectivity index (χ4v) is 2.10. The Kier molecular flexibility index (Phi) is 4.94. The molecule has 0 aliphatic carbocycles. The molecule has 0 aromatic heterocycles. The average Bonchev–Trinajstić information content (AvgIpc) is 2.15. The Morgan fingerprint density at radius 3 is 2.86 bits per heavy atom. The SMILES string of the molecule is CC1CCCCN1CCCCC(N)=O. The number of amides is 1. The van der Waals surface area contributed by atoms with Crippen LogP contribution >= 0.6 is 0 Å². The van der Waals surface area contributed by atoms with Gasteiger partial charge in [-0.05, 0) is 45.7 Å². The minimum atomic E-state index is -0.170. The summed E-state index contributed by atoms with van der Waals surface area (Å²) in [4.78, 5) is 13.1. The van der Waals surface area contributed by atoms with Crippen molar-refractivity contribution < 1.29 is 4.79 Å². The molecule has 82 valence electrons. The van der Waals surface area contributed by atoms with Crippen LogP contribution in [0, 0.1) is 0 Å². The molecule has 1 unspecified atom stereocenters. The second kappa shape index (κ2) is 6.02. The highest BCUT2D eigenvalue weighted by atomic mass is 16.1. The molecule has 0 spiro atoms. The van der Waals surface area contributed by atoms with Crippen LogP contribution in [0.1, 0.15) is 45.4 Å². The van der Waals surface area contributed by atoms with Gasteiger partial charge in [0, 0.05) is 12.5 Å². The van der Waals surface area contributed by atoms with E-state index in [1.54, 1.807) is 0 Å². The Bertz CT molecular complexity index is 182. The quantitative estimate of drug-likeness (QED) is 0.681. The van der Waals surface area contributed by atoms with E-state index in [1.807, 2.05) is 0 Å². The molecular formula is C11H22N2O. The van der Waals surface area contributed by atoms with E-state index in [1.165, 1.54) is 25.8 Å². The first-order chi connectivity index (χ1) is 6.70. The number of hydrogen-bond donors (Lipinski definition) is 1. The van der Waals surface area contributed by atoms with Crippen molar-refractivity contribution in [3.8, 4) is 0 Å². The molecule has 1 amide bonds. The minimum Gasteiger partial charge on any atom is -0.370 e. The molecule has 1 heterocycles. The first-order valence-electron chi connectivity index (χ1n) is 5.72. The molecule has 1 fully saturated rings. The summed E-state index contributed by atoms with van der Waals surface area (Å²) in [5, 5.41) is 0. The Balaban J connectivity index is 2.07. The van der Waals surface area contributed by atoms with Gasteiger partial charge in [-0.15, -0.1) is 0 Å². The molecule has 1 aliphatic rings. The predicted molar refractivity (Wildman–Crippen MR) is 57.9 cm³/mol. The Morgan fingerprint density at radius 1 is 1.43 bits per heavy atom. The molecule has 1 rings (SSSR count). The number of nitrogens with zero attached hydrogens (tertiary/aromatic N) is 1. The molecule has 14 heavy (non-hydrogen) atoms. The van der Waals surface area contributed by atoms with Gasteiger partial charge >= 0.3 is 0 Å². The van der Waals surface area contributed by atoms with Gasteiger partial charge in [0.05, 0.1) is 0 Å². The van der Waals surface area contributed by atoms with Gasteiger partial charge in [0.15, 0.2) is 0 Å². The molecule has 0 aromatic rings. The standard InChI is InChI=1S/C11H22N2O/c1-10-6-2-4-8-13(10)9-5-3-7-11(12)14/h10H,2-9H2,1H3,(H2,12,14). The van der Waals surface area contributed by atoms with E-state index >= 15 is 0 Å². The topological polar surface area (TPSA) is 46.3 Å². The molecule has 1 saturated heterocycles. The highest BCUT2D eigenvalue weighted by Crippen LogP contribution is 2.16. The van der Waals surface area contributed by atoms with E-state index < -0.39 is 0 Å². The fourth-order valence-electron chi connectivity index (χ4n) is 2.10. The van der Waals surface area contributed by atoms with Crippen molar-refractivity contribution >= 4 is 5.91 Å². The first kappa shape index (κ1) is 11.5. The highest BCUT2D eigenvalue weighted by molar-refractivity contribution is 5.73. The van der Waals surface area contributed by atoms with E-state index in [0.29, 0.717) is 6.42 Å². The predicted octanol–water partition coefficient (Wildman–Crippen LogP) is 1.52. The number of likely N-dealkylation sites (tertiary alicyclic amines) is 1. The third-order valence-corrected chi connectivity index (χ3v) is 3.06. The molecule has 0 radical (unpaired) electrons. The summed E-state index contributed by atoms with van der Waals surface area (Å²) in [7, 11) is 0. The molecule has 1 atom stereocenters. The second-order valence-corrected chi connectivity index (χ2v) is 4.30. The zero-order chi connectivity index (χ0) is 10.4. The zero-order valence-electron chi connectivity index (χ0n) is 9.17. The van der Waals surface area contributed by atoms with Crippen molar-refractivity contribution in [2.45, 2.75) is 51.5 Å². The van der Waals surface area contributed by atoms with E-state index in [9.17, 15) is 4.79 Å². The largest absolute Gasteiger partial charge is 0.370 e. The van der Waals surface area contributed by atoms with Crippen LogP contribution in [0.3, 0.4) is 0 Å². The molecule has 0 saturated carbocycles. The monoisotopic (exact) mass is 198 g/mol. The van der Waals surface area contributed by atoms with Crippen LogP contribution in [0.5, 0.6) is 0 Å². The van der Waals surface area contributed by atoms with Crippen LogP contribution in [-0.2, 0) is 4.79 Å². The van der Waals surface area contributed by atoms with E-state index in [-0.39, 0.29) is 5.91 Å². The number of carbonyl (C=O) groups is 1. The molecule has 0 aromatic carbocycles. The summed E-state index contributed by atoms with van der Waals surface area (Å²) in [5.41, 5.74) is 5.09. The van der Waals surface area contributed by atoms with Gasteiger partial charge in [0.25, 0.3) is 0 Å². The maximum absolute atomic E-state index is 10.5. The third-order valence-electron chi connectivity index (χ3n) is 3.06. The first-order valence-corrected chi connectivity index (χ1v) is 5.72. The van der Waals surface area contributed by atoms with Gasteiger partial charge in [-0.1, -0.05) is 6.42 Å². The summed E-state index contributed by atoms with van der Waals surface area (Å²) in [6.45, 7) is 4.67. The van der Waals surface area contributed by atoms with Gasteiger partial charge in [0.2, 0.25) is 5.91 Å². The summed E-state index contributed by atoms with van der Waals surface area (Å²) < 4.78 is 0. The number of carbonyl (C=O) groups excluding carboxylic acids is 1. The van der Waals surface area contributed by atoms with Crippen LogP contribution in [0.4, 0.5) is 0 Å². The summed E-state index contributed by atoms with van der Waals surface area (Å²) in [6.07, 6.45) is 6.63. The number of piperidine rings is 1. The summed E-state index contributed by atoms with van der Waals surface area (Å²) in [6, 6.07) is 0.734. The lowest BCUT2D eigenvalue weighted by molar-refractivity contribution is -0.118. The molecule has 0 bridgehead atoms. The van der Waals surface area contributed by atoms with Gasteiger partial charge in [-0.25, -0.2) is 0 Å². The Labute approximate surface area is 86.6 Å². The van der Waals surface area contributed by atoms with Crippen molar-refractivity contribution in [2.75, 3.05) is 13.1 Å². The van der Waals surface area contributed by atoms with Gasteiger partial charge in [0.1, 0.15) is 0 Å². The Hall–Kier alpha value is -0.570. The number of rotatable bonds is 5. The van der Waals surface area contributed by atoms with Crippen LogP contribution in [0.25, 0.3) is 0 Å². The average molecular weight is 198 g/mol. The van der Waals surface area contributed by atoms with Crippen LogP contribution < -0.4 is 5.73 Å². The number of nitrogens with two attached hydrogens (primary N) is 1. The maximum atomic E-state index is 10.5. The minimum absolute atomic E-state index is 0.170. The normalized spacial score (nSPS) is 23.6. The van der Waals surface area contributed by atoms with Gasteiger partial charge in [-0.2, -0.15) is 0 Å². The van der Waals surface area contributed by atoms with Gasteiger partial charge < -0.3 is 10.6 Å². The lowest BCUT2D eigenvalue weighted by Gasteiger charge is -2.33. The number of primary amides is 1. The molecule has 1 aliphatic heterocycles. The van der Waals surface area contributed by atoms with Crippen LogP contribution in [0.2, 0.25) is 0 Å². The van der Waals surface area contributed by atoms with E-state index in [2.05, 4.69) is 11.8 Å². The number of hydrogen-bond acceptors (Lipinski definition) is 2. The van der Waals surface area contributed by atoms with E-state index in [4.69, 9.17) is 5.73 Å². The summed E-state index contributed by atoms with van der Waals surface area (Å²) >= 11 is 0. The second-order valence-electron chi connectivity index (χ2n) is 4.30. The smallest absolute Gasteiger partial charge is 0.217 e. The Morgan fingerprint density at radius 2 is 2.21 bits per heavy atom. The fraction of sp³-hybridized carbons (Fsp3) is 0.909. The van der Waals surface area contributed by atoms with E-state index in [0.717, 1.165) is 25.4 Å². The lowest BCUT2D eigenvalue weighted by Crippen LogP contribution is -2.38. The van der Waals surface area contributed by atoms with Crippen molar-refractivity contribution in [1.82, 2.24) is 4.90 Å². The zero-order valence-corrected chi connectivity index (χ0v) is 9.17. The third kappa shape index (κ3) is 4.09. The van der Waals surface area contributed by atoms with Crippen LogP contribution in [0.15, 0.2) is 0 Å². The number of unbranched alkanes of at least 4 members (excludes halogenated alkanes) is 1. The molecule has 3 nitrogen and oxygen atoms in total. The van der Waals surface area contributed by atoms with Crippen molar-refractivity contribution in [3.05, 3.63) is 0 Å². The highest BCUT2D eigenvalue weighted by Gasteiger charge is 2.16. The maximum Gasteiger partial charge on any atom is 0.217 e. The molecule has 2 N–H and O–H groups in total. The van der Waals surface area contributed by atoms with Crippen LogP contribution in [-0.4, -0.2) is 29.9 Å². The summed E-state index contributed by atoms with van der Waals surface area (Å²) in [5.74, 6) is -0.170. The molecule has 3 heteroatoms. The van der Waals surface area contributed by atoms with Crippen molar-refractivity contribution in [1.29, 1.82) is 0 Å². The lowest BCUT2D eigenvalue weighted by atomic mass is 10.0. The molecular weight excluding hydrogens is 176 g/mol. The van der Waals surface area contributed by atoms with Crippen molar-refractivity contribution in [2.24, 2.45) is 5.73 Å².